The van der Waals surface area contributed by atoms with Gasteiger partial charge in [-0.3, -0.25) is 14.7 Å². The molecule has 0 unspecified atom stereocenters. The molecule has 2 heterocycles. The average Bonchev–Trinajstić information content (AvgIpc) is 3.21. The highest BCUT2D eigenvalue weighted by molar-refractivity contribution is 7.99. The minimum atomic E-state index is -0.239. The van der Waals surface area contributed by atoms with Crippen LogP contribution in [0.15, 0.2) is 65.8 Å². The number of thioether (sulfide) groups is 1. The Bertz CT molecular complexity index is 1210. The fourth-order valence-corrected chi connectivity index (χ4v) is 5.50. The zero-order valence-electron chi connectivity index (χ0n) is 18.0. The summed E-state index contributed by atoms with van der Waals surface area (Å²) < 4.78 is 14.2. The Morgan fingerprint density at radius 2 is 1.97 bits per heavy atom. The molecule has 0 spiro atoms. The van der Waals surface area contributed by atoms with Crippen molar-refractivity contribution in [1.29, 1.82) is 0 Å². The van der Waals surface area contributed by atoms with Gasteiger partial charge in [-0.1, -0.05) is 23.5 Å². The number of carbonyl (C=O) groups excluding carboxylic acids is 1. The molecule has 4 nitrogen and oxygen atoms in total. The van der Waals surface area contributed by atoms with Crippen LogP contribution in [0, 0.1) is 19.7 Å². The number of pyridine rings is 1. The van der Waals surface area contributed by atoms with E-state index in [1.807, 2.05) is 12.1 Å². The molecule has 7 heteroatoms. The van der Waals surface area contributed by atoms with E-state index in [9.17, 15) is 9.18 Å². The molecule has 2 aromatic carbocycles. The Kier molecular flexibility index (Phi) is 7.17. The van der Waals surface area contributed by atoms with Crippen LogP contribution in [0.4, 0.5) is 9.52 Å². The Hall–Kier alpha value is -2.77. The van der Waals surface area contributed by atoms with Crippen LogP contribution in [0.1, 0.15) is 29.5 Å². The first-order valence-corrected chi connectivity index (χ1v) is 12.3. The van der Waals surface area contributed by atoms with E-state index in [2.05, 4.69) is 31.0 Å². The highest BCUT2D eigenvalue weighted by Gasteiger charge is 2.21. The molecule has 0 aliphatic carbocycles. The van der Waals surface area contributed by atoms with E-state index in [-0.39, 0.29) is 11.7 Å². The number of halogens is 1. The fourth-order valence-electron chi connectivity index (χ4n) is 3.49. The van der Waals surface area contributed by atoms with E-state index >= 15 is 0 Å². The van der Waals surface area contributed by atoms with Crippen LogP contribution in [0.25, 0.3) is 10.2 Å². The zero-order valence-corrected chi connectivity index (χ0v) is 19.7. The van der Waals surface area contributed by atoms with Crippen molar-refractivity contribution in [2.24, 2.45) is 0 Å². The minimum Gasteiger partial charge on any atom is -0.284 e. The molecule has 164 valence electrons. The van der Waals surface area contributed by atoms with Gasteiger partial charge in [-0.2, -0.15) is 0 Å². The van der Waals surface area contributed by atoms with Crippen LogP contribution in [-0.4, -0.2) is 21.6 Å². The fraction of sp³-hybridized carbons (Fsp3) is 0.240. The second kappa shape index (κ2) is 10.2. The number of fused-ring (bicyclic) bond motifs is 1. The molecular formula is C25H24FN3OS2. The van der Waals surface area contributed by atoms with Crippen molar-refractivity contribution in [3.63, 3.8) is 0 Å². The summed E-state index contributed by atoms with van der Waals surface area (Å²) in [7, 11) is 0. The highest BCUT2D eigenvalue weighted by Crippen LogP contribution is 2.33. The molecule has 32 heavy (non-hydrogen) atoms. The van der Waals surface area contributed by atoms with Gasteiger partial charge in [-0.15, -0.1) is 11.8 Å². The number of rotatable bonds is 8. The first-order valence-electron chi connectivity index (χ1n) is 10.4. The third-order valence-corrected chi connectivity index (χ3v) is 7.15. The van der Waals surface area contributed by atoms with Gasteiger partial charge in [0.15, 0.2) is 5.13 Å². The second-order valence-corrected chi connectivity index (χ2v) is 9.85. The van der Waals surface area contributed by atoms with E-state index in [0.29, 0.717) is 18.1 Å². The first-order chi connectivity index (χ1) is 15.5. The zero-order chi connectivity index (χ0) is 22.5. The highest BCUT2D eigenvalue weighted by atomic mass is 32.2. The van der Waals surface area contributed by atoms with Crippen molar-refractivity contribution in [2.45, 2.75) is 38.1 Å². The predicted molar refractivity (Wildman–Crippen MR) is 131 cm³/mol. The van der Waals surface area contributed by atoms with Crippen LogP contribution in [0.2, 0.25) is 0 Å². The first kappa shape index (κ1) is 22.4. The van der Waals surface area contributed by atoms with Crippen molar-refractivity contribution in [3.05, 3.63) is 83.4 Å². The number of nitrogens with zero attached hydrogens (tertiary/aromatic N) is 3. The van der Waals surface area contributed by atoms with Crippen LogP contribution in [-0.2, 0) is 11.3 Å². The summed E-state index contributed by atoms with van der Waals surface area (Å²) in [5.74, 6) is 0.592. The summed E-state index contributed by atoms with van der Waals surface area (Å²) in [6, 6.07) is 14.5. The largest absolute Gasteiger partial charge is 0.284 e. The van der Waals surface area contributed by atoms with Crippen LogP contribution in [0.5, 0.6) is 0 Å². The van der Waals surface area contributed by atoms with Crippen molar-refractivity contribution in [2.75, 3.05) is 10.7 Å². The van der Waals surface area contributed by atoms with E-state index in [0.717, 1.165) is 38.4 Å². The number of carbonyl (C=O) groups is 1. The molecule has 0 saturated heterocycles. The quantitative estimate of drug-likeness (QED) is 0.219. The maximum atomic E-state index is 13.2. The predicted octanol–water partition coefficient (Wildman–Crippen LogP) is 6.55. The van der Waals surface area contributed by atoms with Crippen molar-refractivity contribution >= 4 is 44.4 Å². The smallest absolute Gasteiger partial charge is 0.229 e. The summed E-state index contributed by atoms with van der Waals surface area (Å²) in [4.78, 5) is 25.0. The lowest BCUT2D eigenvalue weighted by Gasteiger charge is -2.20. The maximum Gasteiger partial charge on any atom is 0.229 e. The van der Waals surface area contributed by atoms with Gasteiger partial charge in [0.1, 0.15) is 5.82 Å². The molecule has 0 atom stereocenters. The number of thiazole rings is 1. The topological polar surface area (TPSA) is 46.1 Å². The summed E-state index contributed by atoms with van der Waals surface area (Å²) in [6.07, 6.45) is 4.66. The number of aromatic nitrogens is 2. The van der Waals surface area contributed by atoms with E-state index < -0.39 is 0 Å². The van der Waals surface area contributed by atoms with Gasteiger partial charge in [0.05, 0.1) is 16.8 Å². The maximum absolute atomic E-state index is 13.2. The third-order valence-electron chi connectivity index (χ3n) is 5.03. The van der Waals surface area contributed by atoms with Gasteiger partial charge in [-0.25, -0.2) is 9.37 Å². The van der Waals surface area contributed by atoms with Gasteiger partial charge in [0.25, 0.3) is 0 Å². The van der Waals surface area contributed by atoms with E-state index in [4.69, 9.17) is 4.98 Å². The third kappa shape index (κ3) is 5.53. The molecule has 1 amide bonds. The molecule has 4 aromatic rings. The summed E-state index contributed by atoms with van der Waals surface area (Å²) >= 11 is 3.18. The molecule has 0 saturated carbocycles. The number of benzene rings is 2. The summed E-state index contributed by atoms with van der Waals surface area (Å²) in [5, 5.41) is 0.716. The number of aryl methyl sites for hydroxylation is 2. The Balaban J connectivity index is 1.49. The molecular weight excluding hydrogens is 441 g/mol. The lowest BCUT2D eigenvalue weighted by Crippen LogP contribution is -2.30. The van der Waals surface area contributed by atoms with E-state index in [1.165, 1.54) is 17.7 Å². The molecule has 0 aliphatic heterocycles. The van der Waals surface area contributed by atoms with Gasteiger partial charge in [0, 0.05) is 23.7 Å². The normalized spacial score (nSPS) is 11.1. The molecule has 2 aromatic heterocycles. The SMILES string of the molecule is Cc1cc(C)c2nc(N(Cc3cccnc3)C(=O)CCCSc3ccc(F)cc3)sc2c1. The minimum absolute atomic E-state index is 0.0435. The van der Waals surface area contributed by atoms with E-state index in [1.54, 1.807) is 52.5 Å². The van der Waals surface area contributed by atoms with Crippen LogP contribution >= 0.6 is 23.1 Å². The Morgan fingerprint density at radius 1 is 1.16 bits per heavy atom. The molecule has 0 bridgehead atoms. The van der Waals surface area contributed by atoms with Crippen molar-refractivity contribution in [3.8, 4) is 0 Å². The lowest BCUT2D eigenvalue weighted by molar-refractivity contribution is -0.118. The Labute approximate surface area is 195 Å². The molecule has 0 N–H and O–H groups in total. The Morgan fingerprint density at radius 3 is 2.72 bits per heavy atom. The van der Waals surface area contributed by atoms with Gasteiger partial charge in [-0.05, 0) is 79.1 Å². The molecule has 0 radical (unpaired) electrons. The summed E-state index contributed by atoms with van der Waals surface area (Å²) in [6.45, 7) is 4.57. The van der Waals surface area contributed by atoms with Gasteiger partial charge in [0.2, 0.25) is 5.91 Å². The van der Waals surface area contributed by atoms with Gasteiger partial charge >= 0.3 is 0 Å². The van der Waals surface area contributed by atoms with Gasteiger partial charge < -0.3 is 0 Å². The van der Waals surface area contributed by atoms with Crippen LogP contribution < -0.4 is 4.90 Å². The number of amides is 1. The number of hydrogen-bond donors (Lipinski definition) is 0. The average molecular weight is 466 g/mol. The standard InChI is InChI=1S/C25H24FN3OS2/c1-17-13-18(2)24-22(14-17)32-25(28-24)29(16-19-5-3-11-27-15-19)23(30)6-4-12-31-21-9-7-20(26)8-10-21/h3,5,7-11,13-15H,4,6,12,16H2,1-2H3. The molecule has 4 rings (SSSR count). The molecule has 0 fully saturated rings. The van der Waals surface area contributed by atoms with Crippen LogP contribution in [0.3, 0.4) is 0 Å². The lowest BCUT2D eigenvalue weighted by atomic mass is 10.1. The van der Waals surface area contributed by atoms with Crippen molar-refractivity contribution in [1.82, 2.24) is 9.97 Å². The monoisotopic (exact) mass is 465 g/mol. The number of anilines is 1. The van der Waals surface area contributed by atoms with Crippen molar-refractivity contribution < 1.29 is 9.18 Å². The second-order valence-electron chi connectivity index (χ2n) is 7.67. The molecule has 0 aliphatic rings. The summed E-state index contributed by atoms with van der Waals surface area (Å²) in [5.41, 5.74) is 4.22. The number of hydrogen-bond acceptors (Lipinski definition) is 5.